The maximum Gasteiger partial charge on any atom is 0.233 e. The zero-order valence-electron chi connectivity index (χ0n) is 16.7. The van der Waals surface area contributed by atoms with Crippen LogP contribution in [0.5, 0.6) is 5.75 Å². The average molecular weight is 378 g/mol. The topological polar surface area (TPSA) is 86.2 Å². The third kappa shape index (κ3) is 4.68. The first-order chi connectivity index (χ1) is 13.5. The predicted molar refractivity (Wildman–Crippen MR) is 114 cm³/mol. The molecule has 0 aliphatic rings. The number of hydrogen-bond donors (Lipinski definition) is 3. The van der Waals surface area contributed by atoms with E-state index >= 15 is 0 Å². The van der Waals surface area contributed by atoms with Gasteiger partial charge < -0.3 is 20.6 Å². The van der Waals surface area contributed by atoms with Gasteiger partial charge in [-0.15, -0.1) is 0 Å². The van der Waals surface area contributed by atoms with Gasteiger partial charge in [-0.3, -0.25) is 0 Å². The predicted octanol–water partition coefficient (Wildman–Crippen LogP) is 4.53. The smallest absolute Gasteiger partial charge is 0.233 e. The second kappa shape index (κ2) is 8.56. The molecule has 1 heterocycles. The van der Waals surface area contributed by atoms with E-state index in [2.05, 4.69) is 69.5 Å². The maximum absolute atomic E-state index is 9.47. The fourth-order valence-electron chi connectivity index (χ4n) is 2.79. The molecule has 3 rings (SSSR count). The highest BCUT2D eigenvalue weighted by atomic mass is 16.3. The van der Waals surface area contributed by atoms with E-state index in [4.69, 9.17) is 0 Å². The van der Waals surface area contributed by atoms with Crippen LogP contribution in [0.25, 0.3) is 0 Å². The van der Waals surface area contributed by atoms with Gasteiger partial charge in [0.2, 0.25) is 17.8 Å². The first-order valence-electron chi connectivity index (χ1n) is 9.39. The highest BCUT2D eigenvalue weighted by molar-refractivity contribution is 5.62. The molecule has 1 aromatic heterocycles. The number of phenols is 1. The van der Waals surface area contributed by atoms with Crippen LogP contribution in [-0.2, 0) is 0 Å². The summed E-state index contributed by atoms with van der Waals surface area (Å²) in [5.41, 5.74) is 4.02. The second-order valence-electron chi connectivity index (χ2n) is 6.57. The molecular weight excluding hydrogens is 352 g/mol. The number of rotatable bonds is 7. The molecule has 0 atom stereocenters. The summed E-state index contributed by atoms with van der Waals surface area (Å²) < 4.78 is 0. The number of aromatic nitrogens is 3. The molecule has 0 bridgehead atoms. The molecule has 0 spiro atoms. The van der Waals surface area contributed by atoms with Crippen molar-refractivity contribution in [2.24, 2.45) is 0 Å². The summed E-state index contributed by atoms with van der Waals surface area (Å²) in [6.07, 6.45) is 0. The monoisotopic (exact) mass is 378 g/mol. The molecule has 0 saturated heterocycles. The van der Waals surface area contributed by atoms with Crippen LogP contribution in [0.1, 0.15) is 25.0 Å². The van der Waals surface area contributed by atoms with Crippen LogP contribution in [0.3, 0.4) is 0 Å². The van der Waals surface area contributed by atoms with Crippen molar-refractivity contribution in [3.63, 3.8) is 0 Å². The molecule has 0 radical (unpaired) electrons. The van der Waals surface area contributed by atoms with Gasteiger partial charge in [0.05, 0.1) is 0 Å². The van der Waals surface area contributed by atoms with Crippen LogP contribution in [-0.4, -0.2) is 33.1 Å². The number of hydrogen-bond acceptors (Lipinski definition) is 7. The third-order valence-corrected chi connectivity index (χ3v) is 4.43. The number of aromatic hydroxyl groups is 1. The normalized spacial score (nSPS) is 10.6. The molecule has 0 aliphatic carbocycles. The van der Waals surface area contributed by atoms with Crippen LogP contribution in [0.4, 0.5) is 29.2 Å². The standard InChI is InChI=1S/C21H26N6O/c1-5-27(6-2)21-25-19(22-16-9-11-17(28)12-10-16)24-20(26-21)23-18-13-14(3)7-8-15(18)4/h7-13,28H,5-6H2,1-4H3,(H2,22,23,24,25,26). The van der Waals surface area contributed by atoms with Gasteiger partial charge in [-0.2, -0.15) is 15.0 Å². The molecule has 7 nitrogen and oxygen atoms in total. The number of aryl methyl sites for hydroxylation is 2. The van der Waals surface area contributed by atoms with E-state index in [9.17, 15) is 5.11 Å². The van der Waals surface area contributed by atoms with Crippen LogP contribution < -0.4 is 15.5 Å². The minimum absolute atomic E-state index is 0.210. The van der Waals surface area contributed by atoms with E-state index in [0.717, 1.165) is 35.6 Å². The van der Waals surface area contributed by atoms with Gasteiger partial charge in [-0.1, -0.05) is 12.1 Å². The first kappa shape index (κ1) is 19.4. The van der Waals surface area contributed by atoms with Crippen molar-refractivity contribution in [2.75, 3.05) is 28.6 Å². The van der Waals surface area contributed by atoms with E-state index < -0.39 is 0 Å². The number of nitrogens with one attached hydrogen (secondary N) is 2. The number of phenolic OH excluding ortho intramolecular Hbond substituents is 1. The molecular formula is C21H26N6O. The van der Waals surface area contributed by atoms with Gasteiger partial charge in [-0.25, -0.2) is 0 Å². The number of anilines is 5. The van der Waals surface area contributed by atoms with E-state index in [1.165, 1.54) is 0 Å². The molecule has 2 aromatic carbocycles. The summed E-state index contributed by atoms with van der Waals surface area (Å²) >= 11 is 0. The Balaban J connectivity index is 1.97. The minimum Gasteiger partial charge on any atom is -0.508 e. The molecule has 0 unspecified atom stereocenters. The lowest BCUT2D eigenvalue weighted by Crippen LogP contribution is -2.25. The van der Waals surface area contributed by atoms with E-state index in [1.54, 1.807) is 24.3 Å². The first-order valence-corrected chi connectivity index (χ1v) is 9.39. The Hall–Kier alpha value is -3.35. The summed E-state index contributed by atoms with van der Waals surface area (Å²) in [5.74, 6) is 1.73. The van der Waals surface area contributed by atoms with Crippen LogP contribution in [0, 0.1) is 13.8 Å². The molecule has 0 fully saturated rings. The van der Waals surface area contributed by atoms with Crippen LogP contribution in [0.15, 0.2) is 42.5 Å². The summed E-state index contributed by atoms with van der Waals surface area (Å²) in [4.78, 5) is 15.8. The largest absolute Gasteiger partial charge is 0.508 e. The molecule has 0 amide bonds. The van der Waals surface area contributed by atoms with Gasteiger partial charge in [-0.05, 0) is 69.2 Å². The fraction of sp³-hybridized carbons (Fsp3) is 0.286. The quantitative estimate of drug-likeness (QED) is 0.521. The molecule has 28 heavy (non-hydrogen) atoms. The maximum atomic E-state index is 9.47. The van der Waals surface area contributed by atoms with Crippen molar-refractivity contribution in [2.45, 2.75) is 27.7 Å². The van der Waals surface area contributed by atoms with Crippen LogP contribution in [0.2, 0.25) is 0 Å². The highest BCUT2D eigenvalue weighted by Gasteiger charge is 2.12. The molecule has 3 N–H and O–H groups in total. The SMILES string of the molecule is CCN(CC)c1nc(Nc2ccc(O)cc2)nc(Nc2cc(C)ccc2C)n1. The van der Waals surface area contributed by atoms with Crippen molar-refractivity contribution in [1.29, 1.82) is 0 Å². The van der Waals surface area contributed by atoms with E-state index in [0.29, 0.717) is 17.8 Å². The van der Waals surface area contributed by atoms with Gasteiger partial charge >= 0.3 is 0 Å². The molecule has 7 heteroatoms. The summed E-state index contributed by atoms with van der Waals surface area (Å²) in [7, 11) is 0. The van der Waals surface area contributed by atoms with Crippen molar-refractivity contribution in [3.05, 3.63) is 53.6 Å². The van der Waals surface area contributed by atoms with Gasteiger partial charge in [0.25, 0.3) is 0 Å². The second-order valence-corrected chi connectivity index (χ2v) is 6.57. The molecule has 0 aliphatic heterocycles. The number of benzene rings is 2. The number of nitrogens with zero attached hydrogens (tertiary/aromatic N) is 4. The van der Waals surface area contributed by atoms with Crippen molar-refractivity contribution < 1.29 is 5.11 Å². The van der Waals surface area contributed by atoms with Crippen molar-refractivity contribution in [1.82, 2.24) is 15.0 Å². The zero-order chi connectivity index (χ0) is 20.1. The fourth-order valence-corrected chi connectivity index (χ4v) is 2.79. The molecule has 0 saturated carbocycles. The summed E-state index contributed by atoms with van der Waals surface area (Å²) in [6, 6.07) is 13.0. The lowest BCUT2D eigenvalue weighted by Gasteiger charge is -2.20. The van der Waals surface area contributed by atoms with E-state index in [1.807, 2.05) is 6.92 Å². The Morgan fingerprint density at radius 1 is 0.857 bits per heavy atom. The van der Waals surface area contributed by atoms with Gasteiger partial charge in [0.1, 0.15) is 5.75 Å². The van der Waals surface area contributed by atoms with Crippen molar-refractivity contribution >= 4 is 29.2 Å². The Morgan fingerprint density at radius 2 is 1.50 bits per heavy atom. The molecule has 3 aromatic rings. The lowest BCUT2D eigenvalue weighted by molar-refractivity contribution is 0.475. The Bertz CT molecular complexity index is 938. The summed E-state index contributed by atoms with van der Waals surface area (Å²) in [5, 5.41) is 16.0. The molecule has 146 valence electrons. The van der Waals surface area contributed by atoms with E-state index in [-0.39, 0.29) is 5.75 Å². The zero-order valence-corrected chi connectivity index (χ0v) is 16.7. The van der Waals surface area contributed by atoms with Crippen molar-refractivity contribution in [3.8, 4) is 5.75 Å². The van der Waals surface area contributed by atoms with Crippen LogP contribution >= 0.6 is 0 Å². The summed E-state index contributed by atoms with van der Waals surface area (Å²) in [6.45, 7) is 9.82. The van der Waals surface area contributed by atoms with Gasteiger partial charge in [0.15, 0.2) is 0 Å². The highest BCUT2D eigenvalue weighted by Crippen LogP contribution is 2.23. The Labute approximate surface area is 165 Å². The Kier molecular flexibility index (Phi) is 5.93. The Morgan fingerprint density at radius 3 is 2.14 bits per heavy atom. The lowest BCUT2D eigenvalue weighted by atomic mass is 10.1. The minimum atomic E-state index is 0.210. The third-order valence-electron chi connectivity index (χ3n) is 4.43. The average Bonchev–Trinajstić information content (AvgIpc) is 2.67. The van der Waals surface area contributed by atoms with Gasteiger partial charge in [0, 0.05) is 24.5 Å².